The Hall–Kier alpha value is -5.22. The van der Waals surface area contributed by atoms with Crippen LogP contribution in [0, 0.1) is 39.8 Å². The van der Waals surface area contributed by atoms with Crippen LogP contribution in [0.5, 0.6) is 0 Å². The third-order valence-corrected chi connectivity index (χ3v) is 8.80. The Morgan fingerprint density at radius 2 is 1.40 bits per heavy atom. The van der Waals surface area contributed by atoms with Gasteiger partial charge in [-0.25, -0.2) is 4.98 Å². The summed E-state index contributed by atoms with van der Waals surface area (Å²) in [7, 11) is 0. The molecule has 4 nitrogen and oxygen atoms in total. The van der Waals surface area contributed by atoms with Crippen molar-refractivity contribution in [3.8, 4) is 33.6 Å². The molecule has 0 spiro atoms. The van der Waals surface area contributed by atoms with Crippen molar-refractivity contribution in [3.63, 3.8) is 0 Å². The summed E-state index contributed by atoms with van der Waals surface area (Å²) in [5, 5.41) is 2.06. The molecule has 0 bridgehead atoms. The number of aromatic nitrogens is 3. The summed E-state index contributed by atoms with van der Waals surface area (Å²) >= 11 is 0. The summed E-state index contributed by atoms with van der Waals surface area (Å²) in [6, 6.07) is 46.0. The van der Waals surface area contributed by atoms with Crippen LogP contribution in [0.1, 0.15) is 33.5 Å². The maximum Gasteiger partial charge on any atom is 0.216 e. The third kappa shape index (κ3) is 7.65. The largest absolute Gasteiger partial charge is 0.486 e. The first-order valence-corrected chi connectivity index (χ1v) is 16.6. The van der Waals surface area contributed by atoms with Crippen LogP contribution < -0.4 is 0 Å². The van der Waals surface area contributed by atoms with Gasteiger partial charge in [0, 0.05) is 43.6 Å². The number of fused-ring (bicyclic) bond motifs is 3. The van der Waals surface area contributed by atoms with Crippen molar-refractivity contribution in [3.05, 3.63) is 173 Å². The molecule has 0 fully saturated rings. The van der Waals surface area contributed by atoms with Crippen LogP contribution in [0.4, 0.5) is 0 Å². The molecule has 0 aliphatic carbocycles. The monoisotopic (exact) mass is 828 g/mol. The number of rotatable bonds is 6. The van der Waals surface area contributed by atoms with Gasteiger partial charge in [0.2, 0.25) is 5.71 Å². The second-order valence-corrected chi connectivity index (χ2v) is 12.5. The Balaban J connectivity index is 0.000000260. The van der Waals surface area contributed by atoms with Crippen LogP contribution in [0.25, 0.3) is 55.7 Å². The minimum absolute atomic E-state index is 0. The van der Waals surface area contributed by atoms with Gasteiger partial charge in [-0.1, -0.05) is 83.2 Å². The topological polar surface area (TPSA) is 51.8 Å². The number of nitrogens with zero attached hydrogens (tertiary/aromatic N) is 3. The second-order valence-electron chi connectivity index (χ2n) is 12.5. The first-order chi connectivity index (χ1) is 23.9. The molecule has 0 amide bonds. The van der Waals surface area contributed by atoms with Gasteiger partial charge in [0.05, 0.1) is 5.58 Å². The van der Waals surface area contributed by atoms with Crippen LogP contribution in [0.2, 0.25) is 0 Å². The van der Waals surface area contributed by atoms with E-state index in [0.29, 0.717) is 5.71 Å². The molecule has 0 N–H and O–H groups in total. The summed E-state index contributed by atoms with van der Waals surface area (Å²) in [4.78, 5) is 13.9. The quantitative estimate of drug-likeness (QED) is 0.157. The van der Waals surface area contributed by atoms with Crippen LogP contribution in [-0.2, 0) is 32.9 Å². The van der Waals surface area contributed by atoms with Crippen molar-refractivity contribution in [1.29, 1.82) is 0 Å². The van der Waals surface area contributed by atoms with Crippen molar-refractivity contribution in [2.24, 2.45) is 0 Å². The zero-order valence-electron chi connectivity index (χ0n) is 28.6. The summed E-state index contributed by atoms with van der Waals surface area (Å²) in [5.41, 5.74) is 14.8. The predicted octanol–water partition coefficient (Wildman–Crippen LogP) is 11.1. The Morgan fingerprint density at radius 3 is 2.16 bits per heavy atom. The maximum atomic E-state index is 6.36. The molecule has 0 aliphatic heterocycles. The van der Waals surface area contributed by atoms with E-state index in [2.05, 4.69) is 111 Å². The van der Waals surface area contributed by atoms with Gasteiger partial charge in [0.15, 0.2) is 0 Å². The van der Waals surface area contributed by atoms with Gasteiger partial charge < -0.3 is 14.4 Å². The maximum absolute atomic E-state index is 6.36. The minimum Gasteiger partial charge on any atom is -0.486 e. The van der Waals surface area contributed by atoms with Crippen molar-refractivity contribution < 1.29 is 24.5 Å². The molecule has 0 aliphatic rings. The van der Waals surface area contributed by atoms with Gasteiger partial charge in [0.1, 0.15) is 0 Å². The number of hydrogen-bond donors (Lipinski definition) is 0. The summed E-state index contributed by atoms with van der Waals surface area (Å²) < 4.78 is 6.36. The van der Waals surface area contributed by atoms with E-state index in [9.17, 15) is 0 Å². The van der Waals surface area contributed by atoms with E-state index < -0.39 is 0 Å². The Labute approximate surface area is 307 Å². The molecule has 4 aromatic carbocycles. The zero-order valence-corrected chi connectivity index (χ0v) is 31.0. The number of pyridine rings is 3. The molecule has 4 heterocycles. The fraction of sp³-hybridized carbons (Fsp3) is 0.133. The Morgan fingerprint density at radius 1 is 0.600 bits per heavy atom. The van der Waals surface area contributed by atoms with Crippen molar-refractivity contribution in [2.45, 2.75) is 40.5 Å². The molecule has 0 atom stereocenters. The van der Waals surface area contributed by atoms with E-state index >= 15 is 0 Å². The summed E-state index contributed by atoms with van der Waals surface area (Å²) in [5.74, 6) is 0. The number of benzene rings is 4. The molecule has 8 aromatic rings. The molecule has 0 unspecified atom stereocenters. The van der Waals surface area contributed by atoms with Gasteiger partial charge in [-0.3, -0.25) is 0 Å². The average Bonchev–Trinajstić information content (AvgIpc) is 3.51. The molecule has 4 aromatic heterocycles. The number of furan rings is 1. The molecule has 0 saturated carbocycles. The van der Waals surface area contributed by atoms with Crippen LogP contribution >= 0.6 is 0 Å². The van der Waals surface area contributed by atoms with Gasteiger partial charge in [-0.2, -0.15) is 0 Å². The van der Waals surface area contributed by atoms with E-state index in [0.717, 1.165) is 63.0 Å². The number of aryl methyl sites for hydroxylation is 6. The van der Waals surface area contributed by atoms with Gasteiger partial charge in [0.25, 0.3) is 0 Å². The predicted molar refractivity (Wildman–Crippen MR) is 200 cm³/mol. The first-order valence-electron chi connectivity index (χ1n) is 16.6. The smallest absolute Gasteiger partial charge is 0.216 e. The molecule has 0 saturated heterocycles. The SMILES string of the molecule is Cc1ccc(-c2[c-]cccc2)nc1.Cc1ccc(-c2cc(-c3[c-]ccc4c3oc3nc(CCc5ccccc5)ccc34)ncc2C)c(C)c1.[Ir]. The van der Waals surface area contributed by atoms with Gasteiger partial charge in [-0.15, -0.1) is 54.1 Å². The molecule has 5 heteroatoms. The fourth-order valence-electron chi connectivity index (χ4n) is 6.15. The van der Waals surface area contributed by atoms with Crippen LogP contribution in [-0.4, -0.2) is 15.0 Å². The zero-order chi connectivity index (χ0) is 33.7. The fourth-order valence-corrected chi connectivity index (χ4v) is 6.15. The molecule has 249 valence electrons. The van der Waals surface area contributed by atoms with E-state index in [1.165, 1.54) is 33.4 Å². The third-order valence-electron chi connectivity index (χ3n) is 8.80. The molecule has 50 heavy (non-hydrogen) atoms. The standard InChI is InChI=1S/C33H27N2O.C12H10N.Ir/c1-21-12-16-26(22(2)18-21)30-19-31(34-20-23(30)3)29-11-7-10-27-28-17-15-25(35-33(28)36-32(27)29)14-13-24-8-5-4-6-9-24;1-10-7-8-12(13-9-10)11-5-3-2-4-6-11;/h4-10,12,15-20H,13-14H2,1-3H3;2-5,7-9H,1H3;/q2*-1;. The van der Waals surface area contributed by atoms with E-state index in [4.69, 9.17) is 14.4 Å². The summed E-state index contributed by atoms with van der Waals surface area (Å²) in [6.07, 6.45) is 5.64. The van der Waals surface area contributed by atoms with E-state index in [1.807, 2.05) is 61.8 Å². The van der Waals surface area contributed by atoms with Crippen LogP contribution in [0.15, 0.2) is 132 Å². The van der Waals surface area contributed by atoms with Gasteiger partial charge in [-0.05, 0) is 97.4 Å². The van der Waals surface area contributed by atoms with Crippen molar-refractivity contribution in [1.82, 2.24) is 15.0 Å². The van der Waals surface area contributed by atoms with Crippen LogP contribution in [0.3, 0.4) is 0 Å². The van der Waals surface area contributed by atoms with E-state index in [-0.39, 0.29) is 20.1 Å². The second kappa shape index (κ2) is 15.6. The molecule has 8 rings (SSSR count). The minimum atomic E-state index is 0. The van der Waals surface area contributed by atoms with E-state index in [1.54, 1.807) is 0 Å². The number of hydrogen-bond acceptors (Lipinski definition) is 4. The molecule has 1 radical (unpaired) electrons. The normalized spacial score (nSPS) is 10.8. The molecular formula is C45H37IrN3O-2. The van der Waals surface area contributed by atoms with Crippen molar-refractivity contribution >= 4 is 22.1 Å². The first kappa shape index (κ1) is 34.6. The Bertz CT molecular complexity index is 2370. The summed E-state index contributed by atoms with van der Waals surface area (Å²) in [6.45, 7) is 8.43. The molecular weight excluding hydrogens is 791 g/mol. The Kier molecular flexibility index (Phi) is 10.8. The van der Waals surface area contributed by atoms with Crippen molar-refractivity contribution in [2.75, 3.05) is 0 Å². The van der Waals surface area contributed by atoms with Gasteiger partial charge >= 0.3 is 0 Å². The average molecular weight is 828 g/mol.